The van der Waals surface area contributed by atoms with Gasteiger partial charge in [-0.05, 0) is 5.92 Å². The van der Waals surface area contributed by atoms with E-state index in [9.17, 15) is 8.78 Å². The Labute approximate surface area is 94.0 Å². The van der Waals surface area contributed by atoms with E-state index in [1.165, 1.54) is 10.8 Å². The minimum absolute atomic E-state index is 0.0469. The number of halogens is 2. The third-order valence-corrected chi connectivity index (χ3v) is 5.81. The van der Waals surface area contributed by atoms with Crippen LogP contribution in [-0.2, 0) is 0 Å². The van der Waals surface area contributed by atoms with Gasteiger partial charge in [0.25, 0.3) is 6.43 Å². The molecule has 0 rings (SSSR count). The molecule has 0 nitrogen and oxygen atoms in total. The molecule has 4 heteroatoms. The highest BCUT2D eigenvalue weighted by molar-refractivity contribution is 8.77. The van der Waals surface area contributed by atoms with Crippen LogP contribution in [0.1, 0.15) is 41.0 Å². The molecule has 0 aromatic rings. The van der Waals surface area contributed by atoms with Gasteiger partial charge in [0.1, 0.15) is 0 Å². The predicted octanol–water partition coefficient (Wildman–Crippen LogP) is 4.85. The standard InChI is InChI=1S/C10H20F2S2/c1-6-7(2)8(9(11)12)13-14-10(3,4)5/h7-9H,6H2,1-5H3. The van der Waals surface area contributed by atoms with Gasteiger partial charge in [0.05, 0.1) is 5.25 Å². The predicted molar refractivity (Wildman–Crippen MR) is 64.2 cm³/mol. The molecule has 2 atom stereocenters. The summed E-state index contributed by atoms with van der Waals surface area (Å²) in [6.45, 7) is 9.99. The molecule has 0 aromatic carbocycles. The van der Waals surface area contributed by atoms with Crippen LogP contribution in [-0.4, -0.2) is 16.4 Å². The van der Waals surface area contributed by atoms with Gasteiger partial charge in [0, 0.05) is 4.75 Å². The normalized spacial score (nSPS) is 17.1. The quantitative estimate of drug-likeness (QED) is 0.632. The highest BCUT2D eigenvalue weighted by Crippen LogP contribution is 2.42. The average molecular weight is 242 g/mol. The van der Waals surface area contributed by atoms with E-state index in [1.54, 1.807) is 10.8 Å². The lowest BCUT2D eigenvalue weighted by molar-refractivity contribution is 0.126. The fraction of sp³-hybridized carbons (Fsp3) is 1.00. The second-order valence-corrected chi connectivity index (χ2v) is 7.68. The molecular weight excluding hydrogens is 222 g/mol. The summed E-state index contributed by atoms with van der Waals surface area (Å²) in [4.78, 5) is 0. The molecule has 0 saturated heterocycles. The third kappa shape index (κ3) is 6.12. The molecule has 0 aliphatic carbocycles. The SMILES string of the molecule is CCC(C)C(SSC(C)(C)C)C(F)F. The maximum atomic E-state index is 12.7. The molecule has 0 bridgehead atoms. The smallest absolute Gasteiger partial charge is 0.209 e. The molecule has 0 radical (unpaired) electrons. The minimum atomic E-state index is -2.22. The first-order valence-electron chi connectivity index (χ1n) is 4.90. The van der Waals surface area contributed by atoms with Crippen molar-refractivity contribution in [3.05, 3.63) is 0 Å². The second kappa shape index (κ2) is 6.21. The van der Waals surface area contributed by atoms with Gasteiger partial charge in [0.15, 0.2) is 0 Å². The average Bonchev–Trinajstić information content (AvgIpc) is 2.01. The van der Waals surface area contributed by atoms with Gasteiger partial charge in [-0.15, -0.1) is 0 Å². The number of alkyl halides is 2. The van der Waals surface area contributed by atoms with Crippen LogP contribution in [0.25, 0.3) is 0 Å². The summed E-state index contributed by atoms with van der Waals surface area (Å²) in [5, 5.41) is -0.538. The fourth-order valence-electron chi connectivity index (χ4n) is 0.817. The highest BCUT2D eigenvalue weighted by Gasteiger charge is 2.28. The van der Waals surface area contributed by atoms with Crippen LogP contribution in [0.15, 0.2) is 0 Å². The van der Waals surface area contributed by atoms with Crippen molar-refractivity contribution in [1.29, 1.82) is 0 Å². The zero-order valence-electron chi connectivity index (χ0n) is 9.51. The molecule has 14 heavy (non-hydrogen) atoms. The van der Waals surface area contributed by atoms with Crippen molar-refractivity contribution in [3.8, 4) is 0 Å². The molecule has 0 heterocycles. The fourth-order valence-corrected chi connectivity index (χ4v) is 3.70. The Balaban J connectivity index is 4.11. The second-order valence-electron chi connectivity index (χ2n) is 4.48. The van der Waals surface area contributed by atoms with E-state index < -0.39 is 11.7 Å². The molecular formula is C10H20F2S2. The summed E-state index contributed by atoms with van der Waals surface area (Å²) in [5.74, 6) is 0.0786. The zero-order chi connectivity index (χ0) is 11.4. The van der Waals surface area contributed by atoms with Gasteiger partial charge < -0.3 is 0 Å². The van der Waals surface area contributed by atoms with Crippen LogP contribution in [0.3, 0.4) is 0 Å². The summed E-state index contributed by atoms with van der Waals surface area (Å²) in [5.41, 5.74) is 0. The van der Waals surface area contributed by atoms with Crippen molar-refractivity contribution in [2.75, 3.05) is 0 Å². The largest absolute Gasteiger partial charge is 0.251 e. The van der Waals surface area contributed by atoms with E-state index in [0.29, 0.717) is 0 Å². The van der Waals surface area contributed by atoms with Crippen LogP contribution in [0.2, 0.25) is 0 Å². The Morgan fingerprint density at radius 3 is 2.00 bits per heavy atom. The summed E-state index contributed by atoms with van der Waals surface area (Å²) >= 11 is 0. The summed E-state index contributed by atoms with van der Waals surface area (Å²) in [7, 11) is 2.89. The van der Waals surface area contributed by atoms with Gasteiger partial charge in [-0.2, -0.15) is 0 Å². The van der Waals surface area contributed by atoms with Crippen molar-refractivity contribution in [2.24, 2.45) is 5.92 Å². The number of hydrogen-bond donors (Lipinski definition) is 0. The molecule has 0 saturated carbocycles. The number of hydrogen-bond acceptors (Lipinski definition) is 2. The highest BCUT2D eigenvalue weighted by atomic mass is 33.1. The Bertz CT molecular complexity index is 155. The molecule has 0 N–H and O–H groups in total. The van der Waals surface area contributed by atoms with Gasteiger partial charge >= 0.3 is 0 Å². The van der Waals surface area contributed by atoms with Gasteiger partial charge in [-0.25, -0.2) is 8.78 Å². The van der Waals surface area contributed by atoms with Crippen molar-refractivity contribution >= 4 is 21.6 Å². The van der Waals surface area contributed by atoms with Gasteiger partial charge in [-0.3, -0.25) is 0 Å². The molecule has 0 aromatic heterocycles. The van der Waals surface area contributed by atoms with E-state index in [0.717, 1.165) is 6.42 Å². The molecule has 2 unspecified atom stereocenters. The van der Waals surface area contributed by atoms with E-state index >= 15 is 0 Å². The van der Waals surface area contributed by atoms with Crippen molar-refractivity contribution in [2.45, 2.75) is 57.5 Å². The Kier molecular flexibility index (Phi) is 6.46. The molecule has 0 aliphatic rings. The van der Waals surface area contributed by atoms with Crippen LogP contribution < -0.4 is 0 Å². The maximum absolute atomic E-state index is 12.7. The summed E-state index contributed by atoms with van der Waals surface area (Å²) in [6, 6.07) is 0. The van der Waals surface area contributed by atoms with E-state index in [2.05, 4.69) is 0 Å². The van der Waals surface area contributed by atoms with E-state index in [-0.39, 0.29) is 10.7 Å². The Hall–Kier alpha value is 0.560. The molecule has 0 fully saturated rings. The van der Waals surface area contributed by atoms with Crippen LogP contribution in [0.5, 0.6) is 0 Å². The first kappa shape index (κ1) is 14.6. The van der Waals surface area contributed by atoms with Crippen molar-refractivity contribution in [1.82, 2.24) is 0 Å². The van der Waals surface area contributed by atoms with Crippen molar-refractivity contribution < 1.29 is 8.78 Å². The topological polar surface area (TPSA) is 0 Å². The Morgan fingerprint density at radius 1 is 1.21 bits per heavy atom. The lowest BCUT2D eigenvalue weighted by Crippen LogP contribution is -2.22. The van der Waals surface area contributed by atoms with E-state index in [1.807, 2.05) is 34.6 Å². The molecule has 0 spiro atoms. The van der Waals surface area contributed by atoms with Crippen molar-refractivity contribution in [3.63, 3.8) is 0 Å². The number of rotatable bonds is 5. The lowest BCUT2D eigenvalue weighted by Gasteiger charge is -2.25. The summed E-state index contributed by atoms with van der Waals surface area (Å²) in [6.07, 6.45) is -1.41. The van der Waals surface area contributed by atoms with Crippen LogP contribution >= 0.6 is 21.6 Å². The molecule has 0 amide bonds. The van der Waals surface area contributed by atoms with Gasteiger partial charge in [-0.1, -0.05) is 62.6 Å². The monoisotopic (exact) mass is 242 g/mol. The maximum Gasteiger partial charge on any atom is 0.251 e. The molecule has 0 aliphatic heterocycles. The lowest BCUT2D eigenvalue weighted by atomic mass is 10.1. The Morgan fingerprint density at radius 2 is 1.71 bits per heavy atom. The minimum Gasteiger partial charge on any atom is -0.209 e. The summed E-state index contributed by atoms with van der Waals surface area (Å²) < 4.78 is 25.4. The first-order valence-corrected chi connectivity index (χ1v) is 7.12. The van der Waals surface area contributed by atoms with Crippen LogP contribution in [0.4, 0.5) is 8.78 Å². The first-order chi connectivity index (χ1) is 6.28. The zero-order valence-corrected chi connectivity index (χ0v) is 11.1. The van der Waals surface area contributed by atoms with Gasteiger partial charge in [0.2, 0.25) is 0 Å². The van der Waals surface area contributed by atoms with Crippen LogP contribution in [0, 0.1) is 5.92 Å². The van der Waals surface area contributed by atoms with E-state index in [4.69, 9.17) is 0 Å². The third-order valence-electron chi connectivity index (χ3n) is 1.86. The molecule has 86 valence electrons.